The molecule has 2 aromatic carbocycles. The quantitative estimate of drug-likeness (QED) is 0.851. The molecule has 0 aliphatic heterocycles. The molecule has 4 nitrogen and oxygen atoms in total. The van der Waals surface area contributed by atoms with Crippen molar-refractivity contribution in [3.8, 4) is 5.75 Å². The predicted molar refractivity (Wildman–Crippen MR) is 81.4 cm³/mol. The van der Waals surface area contributed by atoms with Crippen molar-refractivity contribution in [2.45, 2.75) is 12.2 Å². The molecular formula is C17H16F3NO3. The van der Waals surface area contributed by atoms with Gasteiger partial charge in [-0.05, 0) is 17.7 Å². The Morgan fingerprint density at radius 1 is 1.08 bits per heavy atom. The van der Waals surface area contributed by atoms with Gasteiger partial charge in [-0.25, -0.2) is 0 Å². The van der Waals surface area contributed by atoms with E-state index in [9.17, 15) is 23.1 Å². The molecular weight excluding hydrogens is 323 g/mol. The van der Waals surface area contributed by atoms with E-state index < -0.39 is 36.0 Å². The van der Waals surface area contributed by atoms with Gasteiger partial charge < -0.3 is 15.2 Å². The Labute approximate surface area is 136 Å². The Kier molecular flexibility index (Phi) is 5.81. The van der Waals surface area contributed by atoms with Gasteiger partial charge in [0.1, 0.15) is 5.75 Å². The van der Waals surface area contributed by atoms with Crippen molar-refractivity contribution in [1.82, 2.24) is 5.32 Å². The molecule has 0 aliphatic rings. The first-order chi connectivity index (χ1) is 11.4. The third kappa shape index (κ3) is 4.73. The second kappa shape index (κ2) is 7.83. The van der Waals surface area contributed by atoms with Gasteiger partial charge in [-0.2, -0.15) is 13.2 Å². The molecule has 0 saturated heterocycles. The average molecular weight is 339 g/mol. The molecule has 2 aromatic rings. The van der Waals surface area contributed by atoms with E-state index in [1.165, 1.54) is 12.1 Å². The van der Waals surface area contributed by atoms with E-state index in [2.05, 4.69) is 5.32 Å². The zero-order valence-corrected chi connectivity index (χ0v) is 12.6. The van der Waals surface area contributed by atoms with E-state index in [1.54, 1.807) is 30.3 Å². The fourth-order valence-electron chi connectivity index (χ4n) is 2.13. The Balaban J connectivity index is 1.99. The molecule has 1 atom stereocenters. The third-order valence-electron chi connectivity index (χ3n) is 3.27. The second-order valence-electron chi connectivity index (χ2n) is 5.00. The van der Waals surface area contributed by atoms with E-state index in [4.69, 9.17) is 4.74 Å². The summed E-state index contributed by atoms with van der Waals surface area (Å²) in [7, 11) is 0. The maximum absolute atomic E-state index is 12.8. The number of alkyl halides is 3. The van der Waals surface area contributed by atoms with E-state index in [-0.39, 0.29) is 6.61 Å². The van der Waals surface area contributed by atoms with Crippen molar-refractivity contribution in [3.05, 3.63) is 65.7 Å². The largest absolute Gasteiger partial charge is 0.483 e. The van der Waals surface area contributed by atoms with E-state index in [1.807, 2.05) is 0 Å². The minimum atomic E-state index is -4.56. The van der Waals surface area contributed by atoms with Crippen LogP contribution in [0.2, 0.25) is 0 Å². The molecule has 1 unspecified atom stereocenters. The minimum Gasteiger partial charge on any atom is -0.483 e. The normalized spacial score (nSPS) is 12.5. The van der Waals surface area contributed by atoms with Gasteiger partial charge in [0.25, 0.3) is 5.91 Å². The summed E-state index contributed by atoms with van der Waals surface area (Å²) in [6, 6.07) is 12.7. The molecule has 0 heterocycles. The summed E-state index contributed by atoms with van der Waals surface area (Å²) >= 11 is 0. The number of hydrogen-bond donors (Lipinski definition) is 2. The van der Waals surface area contributed by atoms with Gasteiger partial charge in [-0.1, -0.05) is 42.5 Å². The molecule has 7 heteroatoms. The number of aliphatic hydroxyl groups is 1. The van der Waals surface area contributed by atoms with Crippen LogP contribution in [0.1, 0.15) is 17.2 Å². The molecule has 0 aromatic heterocycles. The average Bonchev–Trinajstić information content (AvgIpc) is 2.58. The van der Waals surface area contributed by atoms with Crippen LogP contribution in [0, 0.1) is 0 Å². The van der Waals surface area contributed by atoms with Crippen LogP contribution in [0.25, 0.3) is 0 Å². The fourth-order valence-corrected chi connectivity index (χ4v) is 2.13. The van der Waals surface area contributed by atoms with Crippen LogP contribution in [-0.4, -0.2) is 24.2 Å². The summed E-state index contributed by atoms with van der Waals surface area (Å²) in [5.74, 6) is -1.05. The summed E-state index contributed by atoms with van der Waals surface area (Å²) in [5, 5.41) is 11.9. The van der Waals surface area contributed by atoms with E-state index >= 15 is 0 Å². The standard InChI is InChI=1S/C17H16F3NO3/c18-17(19,20)13-8-4-5-9-15(13)24-11-16(23)21-14(10-22)12-6-2-1-3-7-12/h1-9,14,22H,10-11H2,(H,21,23). The number of para-hydroxylation sites is 1. The molecule has 0 aliphatic carbocycles. The molecule has 24 heavy (non-hydrogen) atoms. The number of hydrogen-bond acceptors (Lipinski definition) is 3. The van der Waals surface area contributed by atoms with Crippen molar-refractivity contribution in [3.63, 3.8) is 0 Å². The summed E-state index contributed by atoms with van der Waals surface area (Å²) in [6.45, 7) is -0.925. The van der Waals surface area contributed by atoms with E-state index in [0.717, 1.165) is 12.1 Å². The van der Waals surface area contributed by atoms with Crippen molar-refractivity contribution < 1.29 is 27.8 Å². The van der Waals surface area contributed by atoms with Gasteiger partial charge in [0, 0.05) is 0 Å². The van der Waals surface area contributed by atoms with Crippen LogP contribution in [-0.2, 0) is 11.0 Å². The highest BCUT2D eigenvalue weighted by Gasteiger charge is 2.34. The van der Waals surface area contributed by atoms with Gasteiger partial charge in [-0.3, -0.25) is 4.79 Å². The van der Waals surface area contributed by atoms with Gasteiger partial charge >= 0.3 is 6.18 Å². The van der Waals surface area contributed by atoms with Gasteiger partial charge in [0.15, 0.2) is 6.61 Å². The second-order valence-corrected chi connectivity index (χ2v) is 5.00. The third-order valence-corrected chi connectivity index (χ3v) is 3.27. The number of amides is 1. The number of ether oxygens (including phenoxy) is 1. The number of benzene rings is 2. The monoisotopic (exact) mass is 339 g/mol. The van der Waals surface area contributed by atoms with Crippen molar-refractivity contribution in [2.75, 3.05) is 13.2 Å². The smallest absolute Gasteiger partial charge is 0.419 e. The lowest BCUT2D eigenvalue weighted by molar-refractivity contribution is -0.139. The number of aliphatic hydroxyl groups excluding tert-OH is 1. The number of carbonyl (C=O) groups is 1. The summed E-state index contributed by atoms with van der Waals surface area (Å²) < 4.78 is 43.5. The highest BCUT2D eigenvalue weighted by atomic mass is 19.4. The Bertz CT molecular complexity index is 674. The Hall–Kier alpha value is -2.54. The maximum atomic E-state index is 12.8. The fraction of sp³-hybridized carbons (Fsp3) is 0.235. The molecule has 0 bridgehead atoms. The van der Waals surface area contributed by atoms with Crippen molar-refractivity contribution in [2.24, 2.45) is 0 Å². The number of nitrogens with one attached hydrogen (secondary N) is 1. The first kappa shape index (κ1) is 17.8. The predicted octanol–water partition coefficient (Wildman–Crippen LogP) is 2.93. The summed E-state index contributed by atoms with van der Waals surface area (Å²) in [6.07, 6.45) is -4.56. The zero-order chi connectivity index (χ0) is 17.6. The minimum absolute atomic E-state index is 0.338. The summed E-state index contributed by atoms with van der Waals surface area (Å²) in [5.41, 5.74) is -0.261. The van der Waals surface area contributed by atoms with Crippen molar-refractivity contribution in [1.29, 1.82) is 0 Å². The molecule has 1 amide bonds. The lowest BCUT2D eigenvalue weighted by Gasteiger charge is -2.18. The van der Waals surface area contributed by atoms with Gasteiger partial charge in [0.05, 0.1) is 18.2 Å². The molecule has 0 fully saturated rings. The van der Waals surface area contributed by atoms with Crippen LogP contribution in [0.4, 0.5) is 13.2 Å². The van der Waals surface area contributed by atoms with Crippen LogP contribution in [0.15, 0.2) is 54.6 Å². The molecule has 0 saturated carbocycles. The summed E-state index contributed by atoms with van der Waals surface area (Å²) in [4.78, 5) is 11.9. The molecule has 0 spiro atoms. The zero-order valence-electron chi connectivity index (χ0n) is 12.6. The maximum Gasteiger partial charge on any atom is 0.419 e. The van der Waals surface area contributed by atoms with Gasteiger partial charge in [-0.15, -0.1) is 0 Å². The molecule has 128 valence electrons. The number of rotatable bonds is 6. The molecule has 2 N–H and O–H groups in total. The first-order valence-corrected chi connectivity index (χ1v) is 7.16. The van der Waals surface area contributed by atoms with Crippen LogP contribution >= 0.6 is 0 Å². The van der Waals surface area contributed by atoms with E-state index in [0.29, 0.717) is 5.56 Å². The SMILES string of the molecule is O=C(COc1ccccc1C(F)(F)F)NC(CO)c1ccccc1. The highest BCUT2D eigenvalue weighted by Crippen LogP contribution is 2.35. The molecule has 0 radical (unpaired) electrons. The first-order valence-electron chi connectivity index (χ1n) is 7.16. The van der Waals surface area contributed by atoms with Gasteiger partial charge in [0.2, 0.25) is 0 Å². The number of carbonyl (C=O) groups excluding carboxylic acids is 1. The lowest BCUT2D eigenvalue weighted by atomic mass is 10.1. The van der Waals surface area contributed by atoms with Crippen LogP contribution in [0.5, 0.6) is 5.75 Å². The Morgan fingerprint density at radius 2 is 1.71 bits per heavy atom. The van der Waals surface area contributed by atoms with Crippen molar-refractivity contribution >= 4 is 5.91 Å². The Morgan fingerprint density at radius 3 is 2.33 bits per heavy atom. The topological polar surface area (TPSA) is 58.6 Å². The molecule has 2 rings (SSSR count). The lowest BCUT2D eigenvalue weighted by Crippen LogP contribution is -2.34. The van der Waals surface area contributed by atoms with Crippen LogP contribution in [0.3, 0.4) is 0 Å². The van der Waals surface area contributed by atoms with Crippen LogP contribution < -0.4 is 10.1 Å². The highest BCUT2D eigenvalue weighted by molar-refractivity contribution is 5.78. The number of halogens is 3.